The Morgan fingerprint density at radius 1 is 1.14 bits per heavy atom. The third kappa shape index (κ3) is 5.05. The summed E-state index contributed by atoms with van der Waals surface area (Å²) >= 11 is 0. The highest BCUT2D eigenvalue weighted by molar-refractivity contribution is 5.95. The number of aromatic nitrogens is 3. The van der Waals surface area contributed by atoms with Crippen molar-refractivity contribution in [2.24, 2.45) is 0 Å². The Balaban J connectivity index is 1.61. The fourth-order valence-electron chi connectivity index (χ4n) is 2.54. The molecule has 0 aliphatic heterocycles. The molecule has 0 bridgehead atoms. The number of benzene rings is 1. The van der Waals surface area contributed by atoms with Gasteiger partial charge in [-0.2, -0.15) is 0 Å². The van der Waals surface area contributed by atoms with E-state index in [0.29, 0.717) is 12.4 Å². The number of ether oxygens (including phenoxy) is 1. The number of anilines is 2. The number of nitrogen functional groups attached to an aromatic ring is 1. The van der Waals surface area contributed by atoms with E-state index in [2.05, 4.69) is 26.2 Å². The number of carbonyl (C=O) groups excluding carboxylic acids is 1. The highest BCUT2D eigenvalue weighted by atomic mass is 16.5. The number of Topliss-reactive ketones (excluding diaryl/α,β-unsaturated/α-hetero) is 1. The van der Waals surface area contributed by atoms with Crippen LogP contribution in [0.15, 0.2) is 55.0 Å². The molecule has 7 nitrogen and oxygen atoms in total. The van der Waals surface area contributed by atoms with Gasteiger partial charge in [0.05, 0.1) is 18.1 Å². The van der Waals surface area contributed by atoms with Gasteiger partial charge in [0.15, 0.2) is 12.4 Å². The highest BCUT2D eigenvalue weighted by Gasteiger charge is 2.10. The van der Waals surface area contributed by atoms with Gasteiger partial charge >= 0.3 is 0 Å². The maximum Gasteiger partial charge on any atom is 0.233 e. The number of nitrogens with zero attached hydrogens (tertiary/aromatic N) is 3. The molecule has 0 radical (unpaired) electrons. The first-order valence-electron chi connectivity index (χ1n) is 8.59. The topological polar surface area (TPSA) is 103 Å². The predicted octanol–water partition coefficient (Wildman–Crippen LogP) is 2.50. The molecule has 2 heterocycles. The molecule has 0 atom stereocenters. The Bertz CT molecular complexity index is 996. The van der Waals surface area contributed by atoms with Crippen LogP contribution < -0.4 is 15.8 Å². The highest BCUT2D eigenvalue weighted by Crippen LogP contribution is 2.16. The first-order valence-corrected chi connectivity index (χ1v) is 8.59. The number of nitrogens with one attached hydrogen (secondary N) is 1. The summed E-state index contributed by atoms with van der Waals surface area (Å²) in [6.07, 6.45) is 9.78. The number of pyridine rings is 1. The van der Waals surface area contributed by atoms with Gasteiger partial charge in [0.25, 0.3) is 0 Å². The second-order valence-electron chi connectivity index (χ2n) is 5.94. The second kappa shape index (κ2) is 9.14. The summed E-state index contributed by atoms with van der Waals surface area (Å²) in [6, 6.07) is 11.4. The zero-order valence-electron chi connectivity index (χ0n) is 15.1. The molecular formula is C21H19N5O2. The summed E-state index contributed by atoms with van der Waals surface area (Å²) in [7, 11) is 0. The lowest BCUT2D eigenvalue weighted by atomic mass is 10.0. The predicted molar refractivity (Wildman–Crippen MR) is 107 cm³/mol. The van der Waals surface area contributed by atoms with E-state index >= 15 is 0 Å². The molecule has 7 heteroatoms. The molecule has 0 aliphatic carbocycles. The Morgan fingerprint density at radius 2 is 2.00 bits per heavy atom. The minimum Gasteiger partial charge on any atom is -0.463 e. The summed E-state index contributed by atoms with van der Waals surface area (Å²) in [5.41, 5.74) is 8.79. The molecule has 0 unspecified atom stereocenters. The average Bonchev–Trinajstić information content (AvgIpc) is 2.72. The molecule has 3 aromatic rings. The largest absolute Gasteiger partial charge is 0.463 e. The monoisotopic (exact) mass is 373 g/mol. The van der Waals surface area contributed by atoms with E-state index in [0.717, 1.165) is 16.8 Å². The van der Waals surface area contributed by atoms with Crippen molar-refractivity contribution in [2.75, 3.05) is 17.7 Å². The molecule has 140 valence electrons. The van der Waals surface area contributed by atoms with Crippen molar-refractivity contribution in [3.63, 3.8) is 0 Å². The van der Waals surface area contributed by atoms with Crippen molar-refractivity contribution >= 4 is 17.3 Å². The van der Waals surface area contributed by atoms with Crippen LogP contribution in [0.2, 0.25) is 0 Å². The number of carbonyl (C=O) groups is 1. The Kier molecular flexibility index (Phi) is 6.16. The Morgan fingerprint density at radius 3 is 2.75 bits per heavy atom. The minimum atomic E-state index is -0.127. The van der Waals surface area contributed by atoms with Gasteiger partial charge in [-0.25, -0.2) is 15.0 Å². The van der Waals surface area contributed by atoms with Crippen LogP contribution in [0.1, 0.15) is 21.6 Å². The molecule has 0 aliphatic rings. The number of hydrogen-bond donors (Lipinski definition) is 2. The van der Waals surface area contributed by atoms with E-state index in [1.165, 1.54) is 12.4 Å². The molecule has 2 aromatic heterocycles. The normalized spacial score (nSPS) is 10.1. The molecule has 0 spiro atoms. The van der Waals surface area contributed by atoms with E-state index in [4.69, 9.17) is 16.9 Å². The first kappa shape index (κ1) is 18.9. The van der Waals surface area contributed by atoms with Gasteiger partial charge in [0.1, 0.15) is 11.5 Å². The van der Waals surface area contributed by atoms with Crippen LogP contribution in [0, 0.1) is 12.3 Å². The van der Waals surface area contributed by atoms with E-state index in [9.17, 15) is 4.79 Å². The molecule has 3 N–H and O–H groups in total. The van der Waals surface area contributed by atoms with Crippen molar-refractivity contribution in [1.82, 2.24) is 15.0 Å². The van der Waals surface area contributed by atoms with Crippen LogP contribution in [-0.2, 0) is 13.0 Å². The van der Waals surface area contributed by atoms with Crippen molar-refractivity contribution in [3.05, 3.63) is 71.8 Å². The molecule has 1 aromatic carbocycles. The standard InChI is InChI=1S/C21H19N5O2/c1-2-9-28-20-14-25-18(13-26-20)19(27)11-15-5-3-6-16(10-15)12-24-17-7-4-8-23-21(17)22/h1,3-8,10,13-14,24H,9,11-12H2,(H2,22,23). The molecule has 0 saturated carbocycles. The summed E-state index contributed by atoms with van der Waals surface area (Å²) in [5, 5.41) is 3.24. The lowest BCUT2D eigenvalue weighted by Crippen LogP contribution is -2.08. The third-order valence-corrected chi connectivity index (χ3v) is 3.89. The van der Waals surface area contributed by atoms with Crippen molar-refractivity contribution in [1.29, 1.82) is 0 Å². The zero-order chi connectivity index (χ0) is 19.8. The van der Waals surface area contributed by atoms with Gasteiger partial charge in [-0.15, -0.1) is 6.42 Å². The fraction of sp³-hybridized carbons (Fsp3) is 0.143. The van der Waals surface area contributed by atoms with Crippen molar-refractivity contribution in [3.8, 4) is 18.2 Å². The van der Waals surface area contributed by atoms with Gasteiger partial charge in [0.2, 0.25) is 5.88 Å². The fourth-order valence-corrected chi connectivity index (χ4v) is 2.54. The van der Waals surface area contributed by atoms with Crippen molar-refractivity contribution < 1.29 is 9.53 Å². The third-order valence-electron chi connectivity index (χ3n) is 3.89. The lowest BCUT2D eigenvalue weighted by molar-refractivity contribution is 0.0987. The van der Waals surface area contributed by atoms with Gasteiger partial charge in [-0.05, 0) is 23.3 Å². The lowest BCUT2D eigenvalue weighted by Gasteiger charge is -2.09. The summed E-state index contributed by atoms with van der Waals surface area (Å²) in [6.45, 7) is 0.673. The smallest absolute Gasteiger partial charge is 0.233 e. The van der Waals surface area contributed by atoms with Crippen LogP contribution in [0.25, 0.3) is 0 Å². The van der Waals surface area contributed by atoms with Gasteiger partial charge in [-0.1, -0.05) is 30.2 Å². The number of rotatable bonds is 8. The molecule has 0 saturated heterocycles. The van der Waals surface area contributed by atoms with Crippen molar-refractivity contribution in [2.45, 2.75) is 13.0 Å². The Labute approximate surface area is 163 Å². The second-order valence-corrected chi connectivity index (χ2v) is 5.94. The number of hydrogen-bond acceptors (Lipinski definition) is 7. The van der Waals surface area contributed by atoms with Gasteiger partial charge in [-0.3, -0.25) is 4.79 Å². The molecule has 0 fully saturated rings. The zero-order valence-corrected chi connectivity index (χ0v) is 15.1. The van der Waals surface area contributed by atoms with Gasteiger partial charge < -0.3 is 15.8 Å². The Hall–Kier alpha value is -3.92. The molecule has 28 heavy (non-hydrogen) atoms. The van der Waals surface area contributed by atoms with Crippen LogP contribution >= 0.6 is 0 Å². The number of ketones is 1. The van der Waals surface area contributed by atoms with E-state index in [1.807, 2.05) is 36.4 Å². The SMILES string of the molecule is C#CCOc1cnc(C(=O)Cc2cccc(CNc3cccnc3N)c2)cn1. The van der Waals surface area contributed by atoms with E-state index in [-0.39, 0.29) is 30.4 Å². The molecular weight excluding hydrogens is 354 g/mol. The summed E-state index contributed by atoms with van der Waals surface area (Å²) in [5.74, 6) is 2.95. The summed E-state index contributed by atoms with van der Waals surface area (Å²) in [4.78, 5) is 24.6. The minimum absolute atomic E-state index is 0.105. The van der Waals surface area contributed by atoms with Crippen LogP contribution in [-0.4, -0.2) is 27.3 Å². The first-order chi connectivity index (χ1) is 13.7. The average molecular weight is 373 g/mol. The van der Waals surface area contributed by atoms with Crippen LogP contribution in [0.5, 0.6) is 5.88 Å². The maximum atomic E-state index is 12.5. The quantitative estimate of drug-likeness (QED) is 0.462. The maximum absolute atomic E-state index is 12.5. The molecule has 0 amide bonds. The molecule has 3 rings (SSSR count). The van der Waals surface area contributed by atoms with E-state index < -0.39 is 0 Å². The van der Waals surface area contributed by atoms with Crippen LogP contribution in [0.3, 0.4) is 0 Å². The number of terminal acetylenes is 1. The van der Waals surface area contributed by atoms with Gasteiger partial charge in [0, 0.05) is 19.2 Å². The summed E-state index contributed by atoms with van der Waals surface area (Å²) < 4.78 is 5.15. The van der Waals surface area contributed by atoms with E-state index in [1.54, 1.807) is 6.20 Å². The van der Waals surface area contributed by atoms with Crippen LogP contribution in [0.4, 0.5) is 11.5 Å². The number of nitrogens with two attached hydrogens (primary N) is 1.